The minimum atomic E-state index is 0.601. The van der Waals surface area contributed by atoms with E-state index >= 15 is 0 Å². The SMILES string of the molecule is CCc1nn(C)c(CNC2CC2c2ccccc2)c1Br. The smallest absolute Gasteiger partial charge is 0.0767 e. The summed E-state index contributed by atoms with van der Waals surface area (Å²) in [6.45, 7) is 3.01. The molecule has 0 aliphatic heterocycles. The summed E-state index contributed by atoms with van der Waals surface area (Å²) >= 11 is 3.67. The topological polar surface area (TPSA) is 29.9 Å². The maximum Gasteiger partial charge on any atom is 0.0767 e. The zero-order valence-electron chi connectivity index (χ0n) is 11.9. The van der Waals surface area contributed by atoms with E-state index in [0.29, 0.717) is 12.0 Å². The van der Waals surface area contributed by atoms with E-state index in [9.17, 15) is 0 Å². The van der Waals surface area contributed by atoms with Gasteiger partial charge in [0.1, 0.15) is 0 Å². The molecule has 3 nitrogen and oxygen atoms in total. The molecule has 0 spiro atoms. The molecule has 1 fully saturated rings. The van der Waals surface area contributed by atoms with Gasteiger partial charge >= 0.3 is 0 Å². The van der Waals surface area contributed by atoms with Crippen LogP contribution in [0.25, 0.3) is 0 Å². The fraction of sp³-hybridized carbons (Fsp3) is 0.438. The summed E-state index contributed by atoms with van der Waals surface area (Å²) in [6.07, 6.45) is 2.20. The largest absolute Gasteiger partial charge is 0.308 e. The summed E-state index contributed by atoms with van der Waals surface area (Å²) in [5.41, 5.74) is 3.82. The number of halogens is 1. The Balaban J connectivity index is 1.61. The average Bonchev–Trinajstić information content (AvgIpc) is 3.19. The van der Waals surface area contributed by atoms with E-state index in [1.165, 1.54) is 17.7 Å². The van der Waals surface area contributed by atoms with Crippen molar-refractivity contribution < 1.29 is 0 Å². The molecule has 20 heavy (non-hydrogen) atoms. The van der Waals surface area contributed by atoms with Crippen molar-refractivity contribution in [1.29, 1.82) is 0 Å². The Bertz CT molecular complexity index is 591. The predicted octanol–water partition coefficient (Wildman–Crippen LogP) is 3.39. The fourth-order valence-electron chi connectivity index (χ4n) is 2.73. The summed E-state index contributed by atoms with van der Waals surface area (Å²) in [6, 6.07) is 11.4. The van der Waals surface area contributed by atoms with E-state index in [0.717, 1.165) is 23.1 Å². The Labute approximate surface area is 128 Å². The van der Waals surface area contributed by atoms with Crippen LogP contribution in [0, 0.1) is 0 Å². The van der Waals surface area contributed by atoms with Crippen LogP contribution in [0.5, 0.6) is 0 Å². The van der Waals surface area contributed by atoms with Gasteiger partial charge in [-0.3, -0.25) is 4.68 Å². The van der Waals surface area contributed by atoms with E-state index in [1.807, 2.05) is 11.7 Å². The normalized spacial score (nSPS) is 21.1. The fourth-order valence-corrected chi connectivity index (χ4v) is 3.49. The number of hydrogen-bond donors (Lipinski definition) is 1. The van der Waals surface area contributed by atoms with Gasteiger partial charge in [-0.15, -0.1) is 0 Å². The molecule has 1 aliphatic carbocycles. The first-order valence-electron chi connectivity index (χ1n) is 7.19. The molecule has 1 heterocycles. The molecule has 1 N–H and O–H groups in total. The maximum atomic E-state index is 4.53. The van der Waals surface area contributed by atoms with Gasteiger partial charge in [0.2, 0.25) is 0 Å². The lowest BCUT2D eigenvalue weighted by molar-refractivity contribution is 0.612. The van der Waals surface area contributed by atoms with Crippen molar-refractivity contribution in [2.75, 3.05) is 0 Å². The lowest BCUT2D eigenvalue weighted by atomic mass is 10.1. The molecular weight excluding hydrogens is 314 g/mol. The molecule has 1 aromatic heterocycles. The second kappa shape index (κ2) is 5.70. The van der Waals surface area contributed by atoms with Crippen LogP contribution in [-0.2, 0) is 20.0 Å². The summed E-state index contributed by atoms with van der Waals surface area (Å²) in [5.74, 6) is 0.675. The molecule has 3 rings (SSSR count). The third-order valence-electron chi connectivity index (χ3n) is 4.05. The van der Waals surface area contributed by atoms with Gasteiger partial charge in [-0.1, -0.05) is 37.3 Å². The third kappa shape index (κ3) is 2.67. The number of rotatable bonds is 5. The van der Waals surface area contributed by atoms with Crippen LogP contribution in [0.4, 0.5) is 0 Å². The van der Waals surface area contributed by atoms with Crippen LogP contribution in [0.3, 0.4) is 0 Å². The molecule has 2 unspecified atom stereocenters. The Kier molecular flexibility index (Phi) is 3.94. The van der Waals surface area contributed by atoms with Crippen LogP contribution in [-0.4, -0.2) is 15.8 Å². The average molecular weight is 334 g/mol. The number of nitrogens with zero attached hydrogens (tertiary/aromatic N) is 2. The Morgan fingerprint density at radius 1 is 1.35 bits per heavy atom. The van der Waals surface area contributed by atoms with Crippen molar-refractivity contribution in [3.8, 4) is 0 Å². The number of aryl methyl sites for hydroxylation is 2. The van der Waals surface area contributed by atoms with Crippen molar-refractivity contribution in [2.24, 2.45) is 7.05 Å². The summed E-state index contributed by atoms with van der Waals surface area (Å²) in [4.78, 5) is 0. The minimum Gasteiger partial charge on any atom is -0.308 e. The predicted molar refractivity (Wildman–Crippen MR) is 84.7 cm³/mol. The molecule has 2 aromatic rings. The molecule has 0 amide bonds. The Hall–Kier alpha value is -1.13. The van der Waals surface area contributed by atoms with Gasteiger partial charge in [0.25, 0.3) is 0 Å². The number of hydrogen-bond acceptors (Lipinski definition) is 2. The van der Waals surface area contributed by atoms with Gasteiger partial charge < -0.3 is 5.32 Å². The highest BCUT2D eigenvalue weighted by Crippen LogP contribution is 2.40. The van der Waals surface area contributed by atoms with Gasteiger partial charge in [-0.25, -0.2) is 0 Å². The maximum absolute atomic E-state index is 4.53. The van der Waals surface area contributed by atoms with Crippen molar-refractivity contribution in [2.45, 2.75) is 38.3 Å². The van der Waals surface area contributed by atoms with E-state index in [-0.39, 0.29) is 0 Å². The van der Waals surface area contributed by atoms with Gasteiger partial charge in [-0.05, 0) is 34.3 Å². The molecule has 106 valence electrons. The minimum absolute atomic E-state index is 0.601. The summed E-state index contributed by atoms with van der Waals surface area (Å²) < 4.78 is 3.14. The second-order valence-corrected chi connectivity index (χ2v) is 6.22. The highest BCUT2D eigenvalue weighted by Gasteiger charge is 2.37. The van der Waals surface area contributed by atoms with Crippen LogP contribution in [0.1, 0.15) is 36.2 Å². The van der Waals surface area contributed by atoms with Crippen LogP contribution in [0.15, 0.2) is 34.8 Å². The van der Waals surface area contributed by atoms with Crippen molar-refractivity contribution >= 4 is 15.9 Å². The molecule has 0 bridgehead atoms. The number of benzene rings is 1. The van der Waals surface area contributed by atoms with Crippen LogP contribution >= 0.6 is 15.9 Å². The van der Waals surface area contributed by atoms with E-state index in [2.05, 4.69) is 63.6 Å². The lowest BCUT2D eigenvalue weighted by Gasteiger charge is -2.06. The summed E-state index contributed by atoms with van der Waals surface area (Å²) in [7, 11) is 2.02. The van der Waals surface area contributed by atoms with Crippen LogP contribution in [0.2, 0.25) is 0 Å². The molecule has 1 saturated carbocycles. The summed E-state index contributed by atoms with van der Waals surface area (Å²) in [5, 5.41) is 8.18. The van der Waals surface area contributed by atoms with Gasteiger partial charge in [-0.2, -0.15) is 5.10 Å². The molecule has 0 radical (unpaired) electrons. The molecular formula is C16H20BrN3. The lowest BCUT2D eigenvalue weighted by Crippen LogP contribution is -2.19. The quantitative estimate of drug-likeness (QED) is 0.908. The zero-order chi connectivity index (χ0) is 14.1. The van der Waals surface area contributed by atoms with Gasteiger partial charge in [0, 0.05) is 25.6 Å². The van der Waals surface area contributed by atoms with Crippen molar-refractivity contribution in [3.63, 3.8) is 0 Å². The van der Waals surface area contributed by atoms with E-state index in [1.54, 1.807) is 0 Å². The van der Waals surface area contributed by atoms with Crippen molar-refractivity contribution in [3.05, 3.63) is 51.8 Å². The molecule has 4 heteroatoms. The second-order valence-electron chi connectivity index (χ2n) is 5.42. The molecule has 2 atom stereocenters. The standard InChI is InChI=1S/C16H20BrN3/c1-3-13-16(17)15(20(2)19-13)10-18-14-9-12(14)11-7-5-4-6-8-11/h4-8,12,14,18H,3,9-10H2,1-2H3. The highest BCUT2D eigenvalue weighted by molar-refractivity contribution is 9.10. The Morgan fingerprint density at radius 2 is 2.10 bits per heavy atom. The van der Waals surface area contributed by atoms with Gasteiger partial charge in [0.15, 0.2) is 0 Å². The molecule has 0 saturated heterocycles. The van der Waals surface area contributed by atoms with E-state index < -0.39 is 0 Å². The van der Waals surface area contributed by atoms with Crippen LogP contribution < -0.4 is 5.32 Å². The first-order chi connectivity index (χ1) is 9.70. The first kappa shape index (κ1) is 13.8. The Morgan fingerprint density at radius 3 is 2.75 bits per heavy atom. The molecule has 1 aliphatic rings. The monoisotopic (exact) mass is 333 g/mol. The molecule has 1 aromatic carbocycles. The van der Waals surface area contributed by atoms with E-state index in [4.69, 9.17) is 0 Å². The zero-order valence-corrected chi connectivity index (χ0v) is 13.5. The number of nitrogens with one attached hydrogen (secondary N) is 1. The highest BCUT2D eigenvalue weighted by atomic mass is 79.9. The number of aromatic nitrogens is 2. The third-order valence-corrected chi connectivity index (χ3v) is 4.97. The first-order valence-corrected chi connectivity index (χ1v) is 7.98. The van der Waals surface area contributed by atoms with Crippen molar-refractivity contribution in [1.82, 2.24) is 15.1 Å². The van der Waals surface area contributed by atoms with Gasteiger partial charge in [0.05, 0.1) is 15.9 Å².